The van der Waals surface area contributed by atoms with Crippen molar-refractivity contribution in [2.24, 2.45) is 5.92 Å². The molecule has 1 aliphatic carbocycles. The van der Waals surface area contributed by atoms with E-state index < -0.39 is 0 Å². The molecule has 1 aliphatic heterocycles. The second kappa shape index (κ2) is 6.89. The fraction of sp³-hybridized carbons (Fsp3) is 0.857. The maximum absolute atomic E-state index is 11.8. The molecule has 3 atom stereocenters. The van der Waals surface area contributed by atoms with E-state index in [1.54, 1.807) is 0 Å². The maximum Gasteiger partial charge on any atom is 0.308 e. The molecule has 1 saturated carbocycles. The summed E-state index contributed by atoms with van der Waals surface area (Å²) < 4.78 is 5.09. The standard InChI is InChI=1S/C14H24N2O3/c1-2-19-14(18)10-5-3-6-11(9-10)16-12-7-4-8-15-13(12)17/h10-12,16H,2-9H2,1H3,(H,15,17). The molecule has 1 heterocycles. The molecule has 2 N–H and O–H groups in total. The first-order chi connectivity index (χ1) is 9.20. The molecule has 5 nitrogen and oxygen atoms in total. The Hall–Kier alpha value is -1.10. The zero-order valence-corrected chi connectivity index (χ0v) is 11.6. The Kier molecular flexibility index (Phi) is 5.19. The molecule has 0 aromatic rings. The topological polar surface area (TPSA) is 67.4 Å². The van der Waals surface area contributed by atoms with Crippen LogP contribution in [0.5, 0.6) is 0 Å². The number of amides is 1. The van der Waals surface area contributed by atoms with Crippen molar-refractivity contribution in [1.82, 2.24) is 10.6 Å². The summed E-state index contributed by atoms with van der Waals surface area (Å²) in [6, 6.07) is 0.178. The highest BCUT2D eigenvalue weighted by molar-refractivity contribution is 5.82. The monoisotopic (exact) mass is 268 g/mol. The van der Waals surface area contributed by atoms with E-state index in [4.69, 9.17) is 4.74 Å². The summed E-state index contributed by atoms with van der Waals surface area (Å²) in [5.41, 5.74) is 0. The number of esters is 1. The van der Waals surface area contributed by atoms with Gasteiger partial charge >= 0.3 is 5.97 Å². The number of rotatable bonds is 4. The summed E-state index contributed by atoms with van der Waals surface area (Å²) in [5, 5.41) is 6.30. The van der Waals surface area contributed by atoms with Gasteiger partial charge in [-0.3, -0.25) is 9.59 Å². The minimum Gasteiger partial charge on any atom is -0.466 e. The van der Waals surface area contributed by atoms with E-state index in [2.05, 4.69) is 10.6 Å². The molecule has 0 aromatic carbocycles. The van der Waals surface area contributed by atoms with E-state index in [-0.39, 0.29) is 29.9 Å². The number of piperidine rings is 1. The SMILES string of the molecule is CCOC(=O)C1CCCC(NC2CCCNC2=O)C1. The zero-order valence-electron chi connectivity index (χ0n) is 11.6. The highest BCUT2D eigenvalue weighted by Crippen LogP contribution is 2.26. The van der Waals surface area contributed by atoms with Crippen molar-refractivity contribution in [2.45, 2.75) is 57.5 Å². The van der Waals surface area contributed by atoms with Gasteiger partial charge in [-0.05, 0) is 39.0 Å². The molecule has 5 heteroatoms. The van der Waals surface area contributed by atoms with Gasteiger partial charge in [0, 0.05) is 12.6 Å². The minimum atomic E-state index is -0.0836. The van der Waals surface area contributed by atoms with Crippen molar-refractivity contribution >= 4 is 11.9 Å². The first-order valence-corrected chi connectivity index (χ1v) is 7.41. The van der Waals surface area contributed by atoms with E-state index >= 15 is 0 Å². The van der Waals surface area contributed by atoms with E-state index in [9.17, 15) is 9.59 Å². The smallest absolute Gasteiger partial charge is 0.308 e. The Morgan fingerprint density at radius 3 is 2.95 bits per heavy atom. The van der Waals surface area contributed by atoms with Gasteiger partial charge in [-0.25, -0.2) is 0 Å². The van der Waals surface area contributed by atoms with Gasteiger partial charge < -0.3 is 15.4 Å². The third-order valence-corrected chi connectivity index (χ3v) is 4.02. The third kappa shape index (κ3) is 3.93. The third-order valence-electron chi connectivity index (χ3n) is 4.02. The molecule has 0 radical (unpaired) electrons. The number of hydrogen-bond donors (Lipinski definition) is 2. The van der Waals surface area contributed by atoms with Crippen LogP contribution in [0.25, 0.3) is 0 Å². The molecular formula is C14H24N2O3. The van der Waals surface area contributed by atoms with Crippen molar-refractivity contribution in [1.29, 1.82) is 0 Å². The van der Waals surface area contributed by atoms with Crippen molar-refractivity contribution in [3.8, 4) is 0 Å². The Bertz CT molecular complexity index is 333. The Morgan fingerprint density at radius 2 is 2.21 bits per heavy atom. The number of carbonyl (C=O) groups is 2. The fourth-order valence-corrected chi connectivity index (χ4v) is 3.03. The molecule has 0 bridgehead atoms. The van der Waals surface area contributed by atoms with Gasteiger partial charge in [0.2, 0.25) is 5.91 Å². The predicted octanol–water partition coefficient (Wildman–Crippen LogP) is 0.976. The first-order valence-electron chi connectivity index (χ1n) is 7.41. The molecule has 2 fully saturated rings. The highest BCUT2D eigenvalue weighted by Gasteiger charge is 2.31. The minimum absolute atomic E-state index is 0.00199. The number of hydrogen-bond acceptors (Lipinski definition) is 4. The summed E-state index contributed by atoms with van der Waals surface area (Å²) >= 11 is 0. The molecular weight excluding hydrogens is 244 g/mol. The lowest BCUT2D eigenvalue weighted by Gasteiger charge is -2.32. The second-order valence-electron chi connectivity index (χ2n) is 5.47. The van der Waals surface area contributed by atoms with E-state index in [0.29, 0.717) is 6.61 Å². The quantitative estimate of drug-likeness (QED) is 0.746. The summed E-state index contributed by atoms with van der Waals surface area (Å²) in [5.74, 6) is 0.0180. The summed E-state index contributed by atoms with van der Waals surface area (Å²) in [4.78, 5) is 23.5. The zero-order chi connectivity index (χ0) is 13.7. The van der Waals surface area contributed by atoms with Crippen LogP contribution >= 0.6 is 0 Å². The van der Waals surface area contributed by atoms with E-state index in [1.165, 1.54) is 0 Å². The van der Waals surface area contributed by atoms with Gasteiger partial charge in [-0.2, -0.15) is 0 Å². The predicted molar refractivity (Wildman–Crippen MR) is 71.5 cm³/mol. The highest BCUT2D eigenvalue weighted by atomic mass is 16.5. The molecule has 108 valence electrons. The summed E-state index contributed by atoms with van der Waals surface area (Å²) in [6.45, 7) is 3.06. The van der Waals surface area contributed by atoms with E-state index in [0.717, 1.165) is 45.1 Å². The fourth-order valence-electron chi connectivity index (χ4n) is 3.03. The average Bonchev–Trinajstić information content (AvgIpc) is 2.42. The molecule has 1 amide bonds. The van der Waals surface area contributed by atoms with Crippen LogP contribution < -0.4 is 10.6 Å². The van der Waals surface area contributed by atoms with Gasteiger partial charge in [0.25, 0.3) is 0 Å². The molecule has 2 rings (SSSR count). The molecule has 0 aromatic heterocycles. The van der Waals surface area contributed by atoms with Crippen LogP contribution in [0.15, 0.2) is 0 Å². The van der Waals surface area contributed by atoms with Gasteiger partial charge in [0.1, 0.15) is 0 Å². The van der Waals surface area contributed by atoms with Crippen LogP contribution in [0.3, 0.4) is 0 Å². The molecule has 3 unspecified atom stereocenters. The largest absolute Gasteiger partial charge is 0.466 e. The van der Waals surface area contributed by atoms with Crippen LogP contribution in [0.4, 0.5) is 0 Å². The van der Waals surface area contributed by atoms with Gasteiger partial charge in [-0.1, -0.05) is 6.42 Å². The van der Waals surface area contributed by atoms with Crippen molar-refractivity contribution in [3.63, 3.8) is 0 Å². The average molecular weight is 268 g/mol. The number of carbonyl (C=O) groups excluding carboxylic acids is 2. The van der Waals surface area contributed by atoms with Crippen molar-refractivity contribution in [3.05, 3.63) is 0 Å². The van der Waals surface area contributed by atoms with E-state index in [1.807, 2.05) is 6.92 Å². The van der Waals surface area contributed by atoms with Crippen molar-refractivity contribution in [2.75, 3.05) is 13.2 Å². The lowest BCUT2D eigenvalue weighted by Crippen LogP contribution is -2.52. The lowest BCUT2D eigenvalue weighted by molar-refractivity contribution is -0.149. The number of nitrogens with one attached hydrogen (secondary N) is 2. The van der Waals surface area contributed by atoms with Gasteiger partial charge in [-0.15, -0.1) is 0 Å². The first kappa shape index (κ1) is 14.3. The Balaban J connectivity index is 1.83. The van der Waals surface area contributed by atoms with Gasteiger partial charge in [0.05, 0.1) is 18.6 Å². The van der Waals surface area contributed by atoms with Crippen LogP contribution in [0.1, 0.15) is 45.4 Å². The molecule has 0 spiro atoms. The van der Waals surface area contributed by atoms with Crippen LogP contribution in [-0.4, -0.2) is 37.1 Å². The molecule has 1 saturated heterocycles. The summed E-state index contributed by atoms with van der Waals surface area (Å²) in [7, 11) is 0. The van der Waals surface area contributed by atoms with Crippen LogP contribution in [0, 0.1) is 5.92 Å². The Morgan fingerprint density at radius 1 is 1.37 bits per heavy atom. The Labute approximate surface area is 114 Å². The van der Waals surface area contributed by atoms with Crippen molar-refractivity contribution < 1.29 is 14.3 Å². The van der Waals surface area contributed by atoms with Gasteiger partial charge in [0.15, 0.2) is 0 Å². The number of ether oxygens (including phenoxy) is 1. The maximum atomic E-state index is 11.8. The van der Waals surface area contributed by atoms with Crippen LogP contribution in [-0.2, 0) is 14.3 Å². The second-order valence-corrected chi connectivity index (χ2v) is 5.47. The molecule has 19 heavy (non-hydrogen) atoms. The van der Waals surface area contributed by atoms with Crippen LogP contribution in [0.2, 0.25) is 0 Å². The molecule has 2 aliphatic rings. The summed E-state index contributed by atoms with van der Waals surface area (Å²) in [6.07, 6.45) is 5.69. The normalized spacial score (nSPS) is 31.6. The lowest BCUT2D eigenvalue weighted by atomic mass is 9.85.